The molecule has 106 valence electrons. The van der Waals surface area contributed by atoms with Crippen LogP contribution < -0.4 is 0 Å². The number of benzene rings is 2. The van der Waals surface area contributed by atoms with E-state index in [0.717, 1.165) is 6.42 Å². The van der Waals surface area contributed by atoms with E-state index in [1.54, 1.807) is 15.7 Å². The quantitative estimate of drug-likeness (QED) is 0.354. The van der Waals surface area contributed by atoms with Crippen LogP contribution in [0.2, 0.25) is 0 Å². The summed E-state index contributed by atoms with van der Waals surface area (Å²) in [5, 5.41) is 5.79. The van der Waals surface area contributed by atoms with E-state index in [-0.39, 0.29) is 20.4 Å². The van der Waals surface area contributed by atoms with Crippen molar-refractivity contribution >= 4 is 69.7 Å². The molecule has 0 radical (unpaired) electrons. The summed E-state index contributed by atoms with van der Waals surface area (Å²) in [6, 6.07) is 14.6. The van der Waals surface area contributed by atoms with E-state index in [9.17, 15) is 0 Å². The van der Waals surface area contributed by atoms with E-state index in [1.807, 2.05) is 0 Å². The predicted molar refractivity (Wildman–Crippen MR) is 99.3 cm³/mol. The molecule has 0 bridgehead atoms. The van der Waals surface area contributed by atoms with Gasteiger partial charge in [-0.05, 0) is 0 Å². The first-order chi connectivity index (χ1) is 10.8. The van der Waals surface area contributed by atoms with Crippen LogP contribution in [0.1, 0.15) is 14.4 Å². The zero-order valence-electron chi connectivity index (χ0n) is 12.2. The summed E-state index contributed by atoms with van der Waals surface area (Å²) in [7, 11) is 0. The number of hydrogen-bond donors (Lipinski definition) is 0. The van der Waals surface area contributed by atoms with Crippen LogP contribution in [0.3, 0.4) is 0 Å². The van der Waals surface area contributed by atoms with Crippen molar-refractivity contribution in [2.24, 2.45) is 0 Å². The fourth-order valence-corrected chi connectivity index (χ4v) is 8.33. The molecular weight excluding hydrogens is 447 g/mol. The van der Waals surface area contributed by atoms with Gasteiger partial charge in [0.25, 0.3) is 0 Å². The van der Waals surface area contributed by atoms with E-state index in [2.05, 4.69) is 61.5 Å². The van der Waals surface area contributed by atoms with Gasteiger partial charge in [-0.15, -0.1) is 0 Å². The van der Waals surface area contributed by atoms with Crippen LogP contribution in [0.5, 0.6) is 0 Å². The molecule has 0 nitrogen and oxygen atoms in total. The number of aryl methyl sites for hydroxylation is 1. The topological polar surface area (TPSA) is 0 Å². The maximum absolute atomic E-state index is 2.45. The van der Waals surface area contributed by atoms with Crippen LogP contribution in [0.25, 0.3) is 34.8 Å². The van der Waals surface area contributed by atoms with E-state index >= 15 is 0 Å². The molecule has 0 saturated carbocycles. The van der Waals surface area contributed by atoms with Gasteiger partial charge in [-0.2, -0.15) is 0 Å². The van der Waals surface area contributed by atoms with E-state index in [0.29, 0.717) is 14.5 Å². The Kier molecular flexibility index (Phi) is 3.04. The fraction of sp³-hybridized carbons (Fsp3) is 0.100. The van der Waals surface area contributed by atoms with Crippen molar-refractivity contribution in [3.63, 3.8) is 0 Å². The summed E-state index contributed by atoms with van der Waals surface area (Å²) < 4.78 is 6.35. The molecule has 2 aromatic carbocycles. The van der Waals surface area contributed by atoms with Crippen molar-refractivity contribution in [3.05, 3.63) is 62.6 Å². The fourth-order valence-electron chi connectivity index (χ4n) is 3.24. The van der Waals surface area contributed by atoms with Crippen molar-refractivity contribution in [2.45, 2.75) is 13.3 Å². The normalized spacial score (nSPS) is 14.5. The molecule has 0 atom stereocenters. The molecule has 2 heteroatoms. The van der Waals surface area contributed by atoms with Gasteiger partial charge in [0.05, 0.1) is 0 Å². The molecule has 1 aliphatic rings. The molecule has 0 aliphatic heterocycles. The van der Waals surface area contributed by atoms with Gasteiger partial charge >= 0.3 is 146 Å². The van der Waals surface area contributed by atoms with Crippen molar-refractivity contribution in [1.29, 1.82) is 0 Å². The van der Waals surface area contributed by atoms with Crippen LogP contribution >= 0.6 is 0 Å². The predicted octanol–water partition coefficient (Wildman–Crippen LogP) is 4.91. The molecule has 0 saturated heterocycles. The van der Waals surface area contributed by atoms with Crippen LogP contribution in [-0.2, 0) is 0 Å². The first kappa shape index (κ1) is 13.4. The van der Waals surface area contributed by atoms with E-state index in [4.69, 9.17) is 0 Å². The van der Waals surface area contributed by atoms with Gasteiger partial charge in [-0.1, -0.05) is 0 Å². The van der Waals surface area contributed by atoms with Crippen molar-refractivity contribution in [2.75, 3.05) is 0 Å². The molecule has 4 aromatic rings. The van der Waals surface area contributed by atoms with Crippen LogP contribution in [0, 0.1) is 6.92 Å². The summed E-state index contributed by atoms with van der Waals surface area (Å²) in [6.07, 6.45) is 7.85. The van der Waals surface area contributed by atoms with Gasteiger partial charge < -0.3 is 0 Å². The number of allylic oxidation sites excluding steroid dienone is 4. The molecule has 22 heavy (non-hydrogen) atoms. The second kappa shape index (κ2) is 4.98. The Bertz CT molecular complexity index is 1030. The molecule has 0 spiro atoms. The van der Waals surface area contributed by atoms with Gasteiger partial charge in [-0.25, -0.2) is 0 Å². The standard InChI is InChI=1S/C20H14SeTe/c1-12-6-17-8-14-9-19-16(7-15(14)11-20(17)22-12)10-18(21-19)13-4-2-3-5-13/h2-4,6-11H,5H2,1H3. The Morgan fingerprint density at radius 1 is 0.909 bits per heavy atom. The first-order valence-electron chi connectivity index (χ1n) is 7.50. The van der Waals surface area contributed by atoms with E-state index in [1.165, 1.54) is 27.1 Å². The van der Waals surface area contributed by atoms with Crippen LogP contribution in [-0.4, -0.2) is 34.9 Å². The number of rotatable bonds is 1. The molecule has 0 amide bonds. The molecule has 2 heterocycles. The van der Waals surface area contributed by atoms with Crippen LogP contribution in [0.4, 0.5) is 0 Å². The molecule has 2 aromatic heterocycles. The van der Waals surface area contributed by atoms with Crippen molar-refractivity contribution in [1.82, 2.24) is 0 Å². The third-order valence-corrected chi connectivity index (χ3v) is 9.68. The van der Waals surface area contributed by atoms with Crippen molar-refractivity contribution < 1.29 is 0 Å². The van der Waals surface area contributed by atoms with Crippen molar-refractivity contribution in [3.8, 4) is 0 Å². The zero-order valence-corrected chi connectivity index (χ0v) is 16.3. The van der Waals surface area contributed by atoms with Crippen LogP contribution in [0.15, 0.2) is 54.6 Å². The second-order valence-corrected chi connectivity index (χ2v) is 11.9. The van der Waals surface area contributed by atoms with Gasteiger partial charge in [-0.3, -0.25) is 0 Å². The maximum atomic E-state index is 2.45. The third kappa shape index (κ3) is 2.10. The molecule has 5 rings (SSSR count). The SMILES string of the molecule is Cc1cc2cc3cc4[se]c(C5=CC=CC5)cc4cc3cc2[te]1. The second-order valence-electron chi connectivity index (χ2n) is 5.92. The van der Waals surface area contributed by atoms with Gasteiger partial charge in [0.15, 0.2) is 0 Å². The summed E-state index contributed by atoms with van der Waals surface area (Å²) in [5.41, 5.74) is 1.52. The Morgan fingerprint density at radius 2 is 1.77 bits per heavy atom. The molecule has 0 unspecified atom stereocenters. The first-order valence-corrected chi connectivity index (χ1v) is 11.5. The van der Waals surface area contributed by atoms with Gasteiger partial charge in [0, 0.05) is 0 Å². The number of hydrogen-bond acceptors (Lipinski definition) is 0. The number of fused-ring (bicyclic) bond motifs is 3. The Labute approximate surface area is 145 Å². The molecular formula is C20H14SeTe. The third-order valence-electron chi connectivity index (χ3n) is 4.32. The van der Waals surface area contributed by atoms with Gasteiger partial charge in [0.2, 0.25) is 0 Å². The molecule has 0 fully saturated rings. The average Bonchev–Trinajstić information content (AvgIpc) is 3.20. The minimum atomic E-state index is -0.0925. The molecule has 0 N–H and O–H groups in total. The molecule has 1 aliphatic carbocycles. The summed E-state index contributed by atoms with van der Waals surface area (Å²) >= 11 is 0.380. The Morgan fingerprint density at radius 3 is 2.64 bits per heavy atom. The minimum absolute atomic E-state index is 0.0925. The average molecular weight is 461 g/mol. The summed E-state index contributed by atoms with van der Waals surface area (Å²) in [6.45, 7) is 2.29. The Balaban J connectivity index is 1.77. The Hall–Kier alpha value is -1.03. The van der Waals surface area contributed by atoms with E-state index < -0.39 is 0 Å². The summed E-state index contributed by atoms with van der Waals surface area (Å²) in [5.74, 6) is 0. The monoisotopic (exact) mass is 464 g/mol. The zero-order chi connectivity index (χ0) is 14.7. The summed E-state index contributed by atoms with van der Waals surface area (Å²) in [4.78, 5) is 0. The van der Waals surface area contributed by atoms with Gasteiger partial charge in [0.1, 0.15) is 0 Å².